The van der Waals surface area contributed by atoms with Gasteiger partial charge in [0.25, 0.3) is 0 Å². The fraction of sp³-hybridized carbons (Fsp3) is 0.600. The standard InChI is InChI=1S/C10H18O3/c1-6(7(2)9(4)12)8(3)10(13)5-11/h7-8,10-13H,1,4-5H2,2-3H3/t7-,8-,10-/m0/s1. The molecule has 0 aromatic carbocycles. The molecule has 0 aliphatic rings. The Morgan fingerprint density at radius 2 is 1.77 bits per heavy atom. The van der Waals surface area contributed by atoms with Crippen LogP contribution in [-0.2, 0) is 0 Å². The Hall–Kier alpha value is -0.800. The lowest BCUT2D eigenvalue weighted by Gasteiger charge is -2.23. The monoisotopic (exact) mass is 186 g/mol. The Labute approximate surface area is 79.0 Å². The fourth-order valence-electron chi connectivity index (χ4n) is 1.01. The third-order valence-electron chi connectivity index (χ3n) is 2.41. The van der Waals surface area contributed by atoms with E-state index in [4.69, 9.17) is 10.2 Å². The Balaban J connectivity index is 4.33. The second-order valence-electron chi connectivity index (χ2n) is 3.33. The van der Waals surface area contributed by atoms with Crippen molar-refractivity contribution in [2.24, 2.45) is 11.8 Å². The lowest BCUT2D eigenvalue weighted by Crippen LogP contribution is -2.25. The molecule has 0 aliphatic heterocycles. The minimum Gasteiger partial charge on any atom is -0.512 e. The molecule has 0 rings (SSSR count). The molecule has 0 saturated heterocycles. The van der Waals surface area contributed by atoms with Crippen molar-refractivity contribution in [3.05, 3.63) is 24.5 Å². The maximum atomic E-state index is 9.31. The molecule has 0 aliphatic carbocycles. The van der Waals surface area contributed by atoms with E-state index in [1.165, 1.54) is 0 Å². The van der Waals surface area contributed by atoms with Gasteiger partial charge in [0.1, 0.15) is 0 Å². The third-order valence-corrected chi connectivity index (χ3v) is 2.41. The molecule has 13 heavy (non-hydrogen) atoms. The normalized spacial score (nSPS) is 17.5. The number of rotatable bonds is 5. The molecule has 0 aromatic heterocycles. The van der Waals surface area contributed by atoms with Gasteiger partial charge in [-0.2, -0.15) is 0 Å². The van der Waals surface area contributed by atoms with Gasteiger partial charge in [0.2, 0.25) is 0 Å². The fourth-order valence-corrected chi connectivity index (χ4v) is 1.01. The summed E-state index contributed by atoms with van der Waals surface area (Å²) in [5, 5.41) is 27.1. The summed E-state index contributed by atoms with van der Waals surface area (Å²) in [7, 11) is 0. The summed E-state index contributed by atoms with van der Waals surface area (Å²) in [5.74, 6) is -0.470. The maximum absolute atomic E-state index is 9.31. The van der Waals surface area contributed by atoms with E-state index >= 15 is 0 Å². The van der Waals surface area contributed by atoms with Crippen LogP contribution < -0.4 is 0 Å². The smallest absolute Gasteiger partial charge is 0.0919 e. The summed E-state index contributed by atoms with van der Waals surface area (Å²) >= 11 is 0. The van der Waals surface area contributed by atoms with E-state index in [1.54, 1.807) is 13.8 Å². The summed E-state index contributed by atoms with van der Waals surface area (Å²) in [6.07, 6.45) is -0.825. The van der Waals surface area contributed by atoms with Gasteiger partial charge in [0.05, 0.1) is 18.5 Å². The lowest BCUT2D eigenvalue weighted by atomic mass is 9.87. The number of allylic oxidation sites excluding steroid dienone is 1. The zero-order valence-electron chi connectivity index (χ0n) is 8.20. The van der Waals surface area contributed by atoms with Crippen molar-refractivity contribution in [1.82, 2.24) is 0 Å². The van der Waals surface area contributed by atoms with Crippen molar-refractivity contribution < 1.29 is 15.3 Å². The molecule has 76 valence electrons. The van der Waals surface area contributed by atoms with Gasteiger partial charge in [-0.15, -0.1) is 0 Å². The molecule has 3 N–H and O–H groups in total. The van der Waals surface area contributed by atoms with Crippen molar-refractivity contribution in [3.8, 4) is 0 Å². The summed E-state index contributed by atoms with van der Waals surface area (Å²) in [4.78, 5) is 0. The van der Waals surface area contributed by atoms with Crippen molar-refractivity contribution >= 4 is 0 Å². The van der Waals surface area contributed by atoms with Gasteiger partial charge in [-0.05, 0) is 0 Å². The Kier molecular flexibility index (Phi) is 4.73. The summed E-state index contributed by atoms with van der Waals surface area (Å²) < 4.78 is 0. The highest BCUT2D eigenvalue weighted by molar-refractivity contribution is 5.13. The largest absolute Gasteiger partial charge is 0.512 e. The van der Waals surface area contributed by atoms with Crippen LogP contribution in [0.5, 0.6) is 0 Å². The third kappa shape index (κ3) is 3.20. The van der Waals surface area contributed by atoms with E-state index in [-0.39, 0.29) is 24.2 Å². The highest BCUT2D eigenvalue weighted by Gasteiger charge is 2.21. The van der Waals surface area contributed by atoms with Crippen LogP contribution in [0.4, 0.5) is 0 Å². The van der Waals surface area contributed by atoms with Crippen LogP contribution in [0.2, 0.25) is 0 Å². The first-order valence-electron chi connectivity index (χ1n) is 4.27. The molecule has 0 radical (unpaired) electrons. The second-order valence-corrected chi connectivity index (χ2v) is 3.33. The quantitative estimate of drug-likeness (QED) is 0.447. The van der Waals surface area contributed by atoms with Gasteiger partial charge >= 0.3 is 0 Å². The van der Waals surface area contributed by atoms with E-state index in [2.05, 4.69) is 13.2 Å². The van der Waals surface area contributed by atoms with Crippen LogP contribution in [0.15, 0.2) is 24.5 Å². The minimum atomic E-state index is -0.825. The van der Waals surface area contributed by atoms with E-state index < -0.39 is 6.10 Å². The van der Waals surface area contributed by atoms with Gasteiger partial charge < -0.3 is 15.3 Å². The molecule has 0 spiro atoms. The molecular formula is C10H18O3. The van der Waals surface area contributed by atoms with Crippen LogP contribution in [0.1, 0.15) is 13.8 Å². The summed E-state index contributed by atoms with van der Waals surface area (Å²) in [5.41, 5.74) is 0.675. The number of hydrogen-bond acceptors (Lipinski definition) is 3. The molecule has 3 nitrogen and oxygen atoms in total. The molecule has 3 heteroatoms. The first-order valence-corrected chi connectivity index (χ1v) is 4.27. The molecule has 0 saturated carbocycles. The first-order chi connectivity index (χ1) is 5.91. The van der Waals surface area contributed by atoms with Gasteiger partial charge in [0, 0.05) is 11.8 Å². The van der Waals surface area contributed by atoms with Crippen molar-refractivity contribution in [2.75, 3.05) is 6.61 Å². The molecule has 0 bridgehead atoms. The van der Waals surface area contributed by atoms with E-state index in [1.807, 2.05) is 0 Å². The molecule has 0 amide bonds. The Morgan fingerprint density at radius 3 is 2.08 bits per heavy atom. The van der Waals surface area contributed by atoms with Gasteiger partial charge in [-0.3, -0.25) is 0 Å². The molecule has 3 atom stereocenters. The van der Waals surface area contributed by atoms with Crippen molar-refractivity contribution in [2.45, 2.75) is 20.0 Å². The molecule has 0 aromatic rings. The second kappa shape index (κ2) is 5.04. The van der Waals surface area contributed by atoms with Gasteiger partial charge in [0.15, 0.2) is 0 Å². The molecule has 0 fully saturated rings. The topological polar surface area (TPSA) is 60.7 Å². The van der Waals surface area contributed by atoms with Crippen LogP contribution in [0.25, 0.3) is 0 Å². The predicted octanol–water partition coefficient (Wildman–Crippen LogP) is 1.24. The van der Waals surface area contributed by atoms with Crippen molar-refractivity contribution in [3.63, 3.8) is 0 Å². The summed E-state index contributed by atoms with van der Waals surface area (Å²) in [6, 6.07) is 0. The average Bonchev–Trinajstić information content (AvgIpc) is 2.12. The zero-order chi connectivity index (χ0) is 10.6. The van der Waals surface area contributed by atoms with Crippen LogP contribution in [0, 0.1) is 11.8 Å². The van der Waals surface area contributed by atoms with Crippen LogP contribution in [-0.4, -0.2) is 28.0 Å². The minimum absolute atomic E-state index is 0.0296. The lowest BCUT2D eigenvalue weighted by molar-refractivity contribution is 0.0622. The number of hydrogen-bond donors (Lipinski definition) is 3. The van der Waals surface area contributed by atoms with Crippen molar-refractivity contribution in [1.29, 1.82) is 0 Å². The zero-order valence-corrected chi connectivity index (χ0v) is 8.20. The molecule has 0 unspecified atom stereocenters. The highest BCUT2D eigenvalue weighted by atomic mass is 16.3. The van der Waals surface area contributed by atoms with Gasteiger partial charge in [-0.1, -0.05) is 32.6 Å². The average molecular weight is 186 g/mol. The van der Waals surface area contributed by atoms with E-state index in [9.17, 15) is 5.11 Å². The van der Waals surface area contributed by atoms with E-state index in [0.29, 0.717) is 5.57 Å². The number of aliphatic hydroxyl groups is 3. The van der Waals surface area contributed by atoms with E-state index in [0.717, 1.165) is 0 Å². The van der Waals surface area contributed by atoms with Crippen LogP contribution >= 0.6 is 0 Å². The highest BCUT2D eigenvalue weighted by Crippen LogP contribution is 2.24. The molecule has 0 heterocycles. The van der Waals surface area contributed by atoms with Crippen LogP contribution in [0.3, 0.4) is 0 Å². The van der Waals surface area contributed by atoms with Gasteiger partial charge in [-0.25, -0.2) is 0 Å². The Morgan fingerprint density at radius 1 is 1.31 bits per heavy atom. The number of aliphatic hydroxyl groups excluding tert-OH is 3. The summed E-state index contributed by atoms with van der Waals surface area (Å²) in [6.45, 7) is 10.4. The first kappa shape index (κ1) is 12.2. The SMILES string of the molecule is C=C(O)[C@@H](C)C(=C)[C@H](C)[C@@H](O)CO. The predicted molar refractivity (Wildman–Crippen MR) is 52.3 cm³/mol. The maximum Gasteiger partial charge on any atom is 0.0919 e. The Bertz CT molecular complexity index is 198. The molecular weight excluding hydrogens is 168 g/mol.